The molecule has 2 saturated heterocycles. The number of likely N-dealkylation sites (N-methyl/N-ethyl adjacent to an activating group) is 1. The second-order valence-electron chi connectivity index (χ2n) is 6.60. The van der Waals surface area contributed by atoms with Crippen LogP contribution in [0.25, 0.3) is 0 Å². The summed E-state index contributed by atoms with van der Waals surface area (Å²) in [6, 6.07) is 5.87. The van der Waals surface area contributed by atoms with Gasteiger partial charge in [-0.25, -0.2) is 4.79 Å². The molecule has 0 bridgehead atoms. The highest BCUT2D eigenvalue weighted by atomic mass is 19.4. The van der Waals surface area contributed by atoms with Crippen molar-refractivity contribution < 1.29 is 18.0 Å². The quantitative estimate of drug-likeness (QED) is 0.845. The molecule has 2 aliphatic heterocycles. The molecule has 2 heterocycles. The van der Waals surface area contributed by atoms with Gasteiger partial charge in [-0.2, -0.15) is 13.2 Å². The summed E-state index contributed by atoms with van der Waals surface area (Å²) in [5, 5.41) is 0. The number of carbonyl (C=O) groups is 1. The van der Waals surface area contributed by atoms with Gasteiger partial charge in [-0.05, 0) is 24.5 Å². The van der Waals surface area contributed by atoms with Crippen LogP contribution in [0.4, 0.5) is 18.0 Å². The molecule has 2 aliphatic rings. The van der Waals surface area contributed by atoms with E-state index in [0.29, 0.717) is 12.1 Å². The average molecular weight is 341 g/mol. The van der Waals surface area contributed by atoms with Crippen LogP contribution in [0.1, 0.15) is 24.0 Å². The summed E-state index contributed by atoms with van der Waals surface area (Å²) in [5.74, 6) is 0. The summed E-state index contributed by atoms with van der Waals surface area (Å²) in [6.45, 7) is 3.66. The number of hydrogen-bond donors (Lipinski definition) is 0. The fraction of sp³-hybridized carbons (Fsp3) is 0.588. The highest BCUT2D eigenvalue weighted by molar-refractivity contribution is 5.76. The minimum absolute atomic E-state index is 0.0892. The van der Waals surface area contributed by atoms with E-state index in [0.717, 1.165) is 45.1 Å². The molecular formula is C17H22F3N3O. The number of halogens is 3. The van der Waals surface area contributed by atoms with Gasteiger partial charge in [-0.3, -0.25) is 4.90 Å². The lowest BCUT2D eigenvalue weighted by molar-refractivity contribution is -0.137. The van der Waals surface area contributed by atoms with Crippen LogP contribution >= 0.6 is 0 Å². The van der Waals surface area contributed by atoms with Crippen molar-refractivity contribution in [1.82, 2.24) is 14.7 Å². The van der Waals surface area contributed by atoms with E-state index in [1.54, 1.807) is 11.0 Å². The van der Waals surface area contributed by atoms with E-state index in [4.69, 9.17) is 0 Å². The van der Waals surface area contributed by atoms with Crippen LogP contribution in [0.2, 0.25) is 0 Å². The first kappa shape index (κ1) is 17.1. The second kappa shape index (κ2) is 6.63. The number of likely N-dealkylation sites (tertiary alicyclic amines) is 1. The molecule has 1 aromatic rings. The molecule has 0 aliphatic carbocycles. The third kappa shape index (κ3) is 3.66. The van der Waals surface area contributed by atoms with Crippen molar-refractivity contribution in [2.75, 3.05) is 33.2 Å². The molecule has 0 saturated carbocycles. The maximum atomic E-state index is 12.8. The molecule has 0 atom stereocenters. The first-order chi connectivity index (χ1) is 11.3. The predicted octanol–water partition coefficient (Wildman–Crippen LogP) is 3.04. The van der Waals surface area contributed by atoms with Crippen molar-refractivity contribution in [3.8, 4) is 0 Å². The third-order valence-corrected chi connectivity index (χ3v) is 4.91. The van der Waals surface area contributed by atoms with Gasteiger partial charge in [0.1, 0.15) is 0 Å². The Kier molecular flexibility index (Phi) is 4.71. The van der Waals surface area contributed by atoms with Gasteiger partial charge in [0.25, 0.3) is 0 Å². The van der Waals surface area contributed by atoms with Crippen molar-refractivity contribution >= 4 is 6.03 Å². The van der Waals surface area contributed by atoms with Crippen LogP contribution in [-0.2, 0) is 12.7 Å². The first-order valence-corrected chi connectivity index (χ1v) is 8.25. The molecule has 2 amide bonds. The lowest BCUT2D eigenvalue weighted by atomic mass is 10.0. The van der Waals surface area contributed by atoms with E-state index in [1.807, 2.05) is 11.9 Å². The predicted molar refractivity (Wildman–Crippen MR) is 84.5 cm³/mol. The molecule has 1 aromatic carbocycles. The summed E-state index contributed by atoms with van der Waals surface area (Å²) >= 11 is 0. The van der Waals surface area contributed by atoms with E-state index < -0.39 is 11.7 Å². The highest BCUT2D eigenvalue weighted by Gasteiger charge is 2.34. The van der Waals surface area contributed by atoms with Gasteiger partial charge in [0.2, 0.25) is 0 Å². The van der Waals surface area contributed by atoms with Gasteiger partial charge in [0.05, 0.1) is 5.56 Å². The maximum Gasteiger partial charge on any atom is 0.416 e. The van der Waals surface area contributed by atoms with Crippen molar-refractivity contribution in [2.24, 2.45) is 0 Å². The Morgan fingerprint density at radius 1 is 1.12 bits per heavy atom. The van der Waals surface area contributed by atoms with Crippen LogP contribution in [0.5, 0.6) is 0 Å². The molecule has 0 unspecified atom stereocenters. The Morgan fingerprint density at radius 3 is 2.42 bits per heavy atom. The molecule has 0 spiro atoms. The number of amides is 2. The molecule has 0 N–H and O–H groups in total. The van der Waals surface area contributed by atoms with Crippen molar-refractivity contribution in [3.05, 3.63) is 35.4 Å². The normalized spacial score (nSPS) is 20.9. The molecule has 4 nitrogen and oxygen atoms in total. The number of nitrogens with zero attached hydrogens (tertiary/aromatic N) is 3. The van der Waals surface area contributed by atoms with Crippen LogP contribution in [-0.4, -0.2) is 60.0 Å². The number of urea groups is 1. The fourth-order valence-corrected chi connectivity index (χ4v) is 3.50. The van der Waals surface area contributed by atoms with Crippen molar-refractivity contribution in [2.45, 2.75) is 31.6 Å². The third-order valence-electron chi connectivity index (χ3n) is 4.91. The Balaban J connectivity index is 1.55. The number of piperidine rings is 1. The monoisotopic (exact) mass is 341 g/mol. The molecule has 3 rings (SSSR count). The standard InChI is InChI=1S/C17H22F3N3O/c1-21-9-10-23(16(21)24)15-5-7-22(8-6-15)12-13-3-2-4-14(11-13)17(18,19)20/h2-4,11,15H,5-10,12H2,1H3. The number of carbonyl (C=O) groups excluding carboxylic acids is 1. The lowest BCUT2D eigenvalue weighted by Crippen LogP contribution is -2.46. The number of rotatable bonds is 3. The van der Waals surface area contributed by atoms with Gasteiger partial charge >= 0.3 is 12.2 Å². The zero-order chi connectivity index (χ0) is 17.3. The highest BCUT2D eigenvalue weighted by Crippen LogP contribution is 2.30. The maximum absolute atomic E-state index is 12.8. The Bertz CT molecular complexity index is 597. The Labute approximate surface area is 139 Å². The Morgan fingerprint density at radius 2 is 1.83 bits per heavy atom. The van der Waals surface area contributed by atoms with E-state index in [1.165, 1.54) is 12.1 Å². The van der Waals surface area contributed by atoms with Gasteiger partial charge < -0.3 is 9.80 Å². The van der Waals surface area contributed by atoms with Gasteiger partial charge in [-0.1, -0.05) is 18.2 Å². The Hall–Kier alpha value is -1.76. The van der Waals surface area contributed by atoms with Crippen LogP contribution in [0, 0.1) is 0 Å². The summed E-state index contributed by atoms with van der Waals surface area (Å²) < 4.78 is 38.4. The second-order valence-corrected chi connectivity index (χ2v) is 6.60. The zero-order valence-corrected chi connectivity index (χ0v) is 13.7. The summed E-state index contributed by atoms with van der Waals surface area (Å²) in [7, 11) is 1.81. The number of hydrogen-bond acceptors (Lipinski definition) is 2. The zero-order valence-electron chi connectivity index (χ0n) is 13.7. The minimum Gasteiger partial charge on any atom is -0.326 e. The number of alkyl halides is 3. The van der Waals surface area contributed by atoms with E-state index in [9.17, 15) is 18.0 Å². The smallest absolute Gasteiger partial charge is 0.326 e. The van der Waals surface area contributed by atoms with Gasteiger partial charge in [0, 0.05) is 45.8 Å². The van der Waals surface area contributed by atoms with E-state index in [2.05, 4.69) is 4.90 Å². The minimum atomic E-state index is -4.30. The van der Waals surface area contributed by atoms with Gasteiger partial charge in [0.15, 0.2) is 0 Å². The van der Waals surface area contributed by atoms with Crippen LogP contribution < -0.4 is 0 Å². The molecule has 0 radical (unpaired) electrons. The molecule has 132 valence electrons. The lowest BCUT2D eigenvalue weighted by Gasteiger charge is -2.36. The molecule has 0 aromatic heterocycles. The van der Waals surface area contributed by atoms with Crippen molar-refractivity contribution in [1.29, 1.82) is 0 Å². The largest absolute Gasteiger partial charge is 0.416 e. The summed E-state index contributed by atoms with van der Waals surface area (Å²) in [6.07, 6.45) is -2.55. The summed E-state index contributed by atoms with van der Waals surface area (Å²) in [5.41, 5.74) is 0.0841. The first-order valence-electron chi connectivity index (χ1n) is 8.25. The van der Waals surface area contributed by atoms with E-state index >= 15 is 0 Å². The van der Waals surface area contributed by atoms with Gasteiger partial charge in [-0.15, -0.1) is 0 Å². The topological polar surface area (TPSA) is 26.8 Å². The SMILES string of the molecule is CN1CCN(C2CCN(Cc3cccc(C(F)(F)F)c3)CC2)C1=O. The fourth-order valence-electron chi connectivity index (χ4n) is 3.50. The molecule has 7 heteroatoms. The molecule has 24 heavy (non-hydrogen) atoms. The number of benzene rings is 1. The summed E-state index contributed by atoms with van der Waals surface area (Å²) in [4.78, 5) is 17.9. The van der Waals surface area contributed by atoms with Crippen LogP contribution in [0.15, 0.2) is 24.3 Å². The molecule has 2 fully saturated rings. The van der Waals surface area contributed by atoms with E-state index in [-0.39, 0.29) is 12.1 Å². The average Bonchev–Trinajstić information content (AvgIpc) is 2.87. The van der Waals surface area contributed by atoms with Crippen LogP contribution in [0.3, 0.4) is 0 Å². The molecular weight excluding hydrogens is 319 g/mol. The van der Waals surface area contributed by atoms with Crippen molar-refractivity contribution in [3.63, 3.8) is 0 Å².